The van der Waals surface area contributed by atoms with Crippen LogP contribution in [0.4, 0.5) is 5.13 Å². The number of para-hydroxylation sites is 1. The van der Waals surface area contributed by atoms with Crippen LogP contribution in [0.2, 0.25) is 0 Å². The number of nitrogens with zero attached hydrogens (tertiary/aromatic N) is 2. The van der Waals surface area contributed by atoms with E-state index < -0.39 is 0 Å². The van der Waals surface area contributed by atoms with E-state index >= 15 is 0 Å². The molecule has 0 saturated carbocycles. The van der Waals surface area contributed by atoms with E-state index in [4.69, 9.17) is 9.26 Å². The number of hydrogen-bond donors (Lipinski definition) is 2. The summed E-state index contributed by atoms with van der Waals surface area (Å²) in [5.41, 5.74) is 3.98. The lowest BCUT2D eigenvalue weighted by Crippen LogP contribution is -2.20. The molecule has 3 heterocycles. The molecule has 4 rings (SSSR count). The number of aromatic nitrogens is 3. The highest BCUT2D eigenvalue weighted by Crippen LogP contribution is 2.33. The van der Waals surface area contributed by atoms with E-state index in [1.165, 1.54) is 11.3 Å². The SMILES string of the molecule is Cc1cc(OCC(=O)Nc2nc(-c3c(C)[nH]c4ccccc34)cs2)no1. The first-order chi connectivity index (χ1) is 12.6. The molecule has 8 heteroatoms. The molecular weight excluding hydrogens is 352 g/mol. The molecule has 1 aromatic carbocycles. The van der Waals surface area contributed by atoms with Crippen LogP contribution in [0.15, 0.2) is 40.2 Å². The number of thiazole rings is 1. The number of ether oxygens (including phenoxy) is 1. The summed E-state index contributed by atoms with van der Waals surface area (Å²) in [6, 6.07) is 9.69. The Kier molecular flexibility index (Phi) is 4.18. The van der Waals surface area contributed by atoms with Crippen molar-refractivity contribution in [3.8, 4) is 17.1 Å². The molecule has 4 aromatic rings. The second-order valence-electron chi connectivity index (χ2n) is 5.82. The van der Waals surface area contributed by atoms with Crippen LogP contribution in [-0.4, -0.2) is 27.6 Å². The molecule has 0 aliphatic heterocycles. The fraction of sp³-hybridized carbons (Fsp3) is 0.167. The van der Waals surface area contributed by atoms with E-state index in [2.05, 4.69) is 26.5 Å². The minimum Gasteiger partial charge on any atom is -0.465 e. The van der Waals surface area contributed by atoms with Gasteiger partial charge in [0.05, 0.1) is 5.69 Å². The van der Waals surface area contributed by atoms with Crippen molar-refractivity contribution in [1.29, 1.82) is 0 Å². The lowest BCUT2D eigenvalue weighted by Gasteiger charge is -2.02. The average Bonchev–Trinajstić information content (AvgIpc) is 3.31. The van der Waals surface area contributed by atoms with E-state index in [1.807, 2.05) is 30.5 Å². The van der Waals surface area contributed by atoms with Crippen LogP contribution in [0.25, 0.3) is 22.2 Å². The number of benzene rings is 1. The summed E-state index contributed by atoms with van der Waals surface area (Å²) in [5, 5.41) is 9.98. The third kappa shape index (κ3) is 3.18. The average molecular weight is 368 g/mol. The van der Waals surface area contributed by atoms with Gasteiger partial charge in [0.1, 0.15) is 5.76 Å². The zero-order valence-electron chi connectivity index (χ0n) is 14.2. The molecule has 0 atom stereocenters. The number of nitrogens with one attached hydrogen (secondary N) is 2. The first-order valence-corrected chi connectivity index (χ1v) is 8.87. The Labute approximate surface area is 153 Å². The maximum absolute atomic E-state index is 12.0. The van der Waals surface area contributed by atoms with Crippen molar-refractivity contribution in [3.63, 3.8) is 0 Å². The van der Waals surface area contributed by atoms with E-state index in [1.54, 1.807) is 13.0 Å². The molecular formula is C18H16N4O3S. The predicted molar refractivity (Wildman–Crippen MR) is 99.5 cm³/mol. The summed E-state index contributed by atoms with van der Waals surface area (Å²) < 4.78 is 10.2. The van der Waals surface area contributed by atoms with Crippen LogP contribution in [0.3, 0.4) is 0 Å². The molecule has 3 aromatic heterocycles. The summed E-state index contributed by atoms with van der Waals surface area (Å²) in [4.78, 5) is 19.9. The highest BCUT2D eigenvalue weighted by Gasteiger charge is 2.15. The zero-order valence-corrected chi connectivity index (χ0v) is 15.0. The quantitative estimate of drug-likeness (QED) is 0.557. The number of carbonyl (C=O) groups excluding carboxylic acids is 1. The van der Waals surface area contributed by atoms with Crippen molar-refractivity contribution in [2.24, 2.45) is 0 Å². The van der Waals surface area contributed by atoms with Gasteiger partial charge in [0.25, 0.3) is 11.8 Å². The Bertz CT molecular complexity index is 1080. The minimum absolute atomic E-state index is 0.160. The summed E-state index contributed by atoms with van der Waals surface area (Å²) in [7, 11) is 0. The number of fused-ring (bicyclic) bond motifs is 1. The molecule has 0 fully saturated rings. The summed E-state index contributed by atoms with van der Waals surface area (Å²) >= 11 is 1.37. The van der Waals surface area contributed by atoms with Crippen molar-refractivity contribution < 1.29 is 14.1 Å². The van der Waals surface area contributed by atoms with Crippen molar-refractivity contribution in [1.82, 2.24) is 15.1 Å². The van der Waals surface area contributed by atoms with Crippen LogP contribution < -0.4 is 10.1 Å². The molecule has 0 aliphatic rings. The number of carbonyl (C=O) groups is 1. The van der Waals surface area contributed by atoms with Gasteiger partial charge in [0, 0.05) is 33.6 Å². The van der Waals surface area contributed by atoms with Gasteiger partial charge < -0.3 is 14.2 Å². The first kappa shape index (κ1) is 16.3. The normalized spacial score (nSPS) is 11.0. The number of aryl methyl sites for hydroxylation is 2. The number of hydrogen-bond acceptors (Lipinski definition) is 6. The number of rotatable bonds is 5. The van der Waals surface area contributed by atoms with Crippen LogP contribution in [-0.2, 0) is 4.79 Å². The minimum atomic E-state index is -0.304. The monoisotopic (exact) mass is 368 g/mol. The van der Waals surface area contributed by atoms with Crippen molar-refractivity contribution in [2.75, 3.05) is 11.9 Å². The van der Waals surface area contributed by atoms with Crippen LogP contribution in [0, 0.1) is 13.8 Å². The van der Waals surface area contributed by atoms with Crippen molar-refractivity contribution in [3.05, 3.63) is 47.2 Å². The topological polar surface area (TPSA) is 93.0 Å². The number of amides is 1. The highest BCUT2D eigenvalue weighted by atomic mass is 32.1. The Morgan fingerprint density at radius 3 is 3.00 bits per heavy atom. The van der Waals surface area contributed by atoms with Gasteiger partial charge in [-0.05, 0) is 25.1 Å². The van der Waals surface area contributed by atoms with Gasteiger partial charge in [-0.15, -0.1) is 11.3 Å². The molecule has 0 bridgehead atoms. The molecule has 7 nitrogen and oxygen atoms in total. The molecule has 0 aliphatic carbocycles. The van der Waals surface area contributed by atoms with Crippen LogP contribution in [0.5, 0.6) is 5.88 Å². The zero-order chi connectivity index (χ0) is 18.1. The van der Waals surface area contributed by atoms with E-state index in [0.29, 0.717) is 10.9 Å². The lowest BCUT2D eigenvalue weighted by atomic mass is 10.1. The molecule has 0 saturated heterocycles. The van der Waals surface area contributed by atoms with E-state index in [0.717, 1.165) is 27.9 Å². The number of aromatic amines is 1. The smallest absolute Gasteiger partial charge is 0.264 e. The highest BCUT2D eigenvalue weighted by molar-refractivity contribution is 7.14. The molecule has 26 heavy (non-hydrogen) atoms. The third-order valence-corrected chi connectivity index (χ3v) is 4.62. The lowest BCUT2D eigenvalue weighted by molar-refractivity contribution is -0.118. The van der Waals surface area contributed by atoms with E-state index in [-0.39, 0.29) is 18.4 Å². The standard InChI is InChI=1S/C18H16N4O3S/c1-10-7-16(22-25-10)24-8-15(23)21-18-20-14(9-26-18)17-11(2)19-13-6-4-3-5-12(13)17/h3-7,9,19H,8H2,1-2H3,(H,20,21,23). The number of H-pyrrole nitrogens is 1. The Morgan fingerprint density at radius 1 is 1.35 bits per heavy atom. The predicted octanol–water partition coefficient (Wildman–Crippen LogP) is 3.91. The summed E-state index contributed by atoms with van der Waals surface area (Å²) in [5.74, 6) is 0.605. The van der Waals surface area contributed by atoms with Crippen LogP contribution in [0.1, 0.15) is 11.5 Å². The maximum Gasteiger partial charge on any atom is 0.264 e. The second-order valence-corrected chi connectivity index (χ2v) is 6.68. The molecule has 132 valence electrons. The van der Waals surface area contributed by atoms with E-state index in [9.17, 15) is 4.79 Å². The van der Waals surface area contributed by atoms with Gasteiger partial charge >= 0.3 is 0 Å². The van der Waals surface area contributed by atoms with Crippen molar-refractivity contribution in [2.45, 2.75) is 13.8 Å². The van der Waals surface area contributed by atoms with Crippen molar-refractivity contribution >= 4 is 33.3 Å². The molecule has 1 amide bonds. The summed E-state index contributed by atoms with van der Waals surface area (Å²) in [6.07, 6.45) is 0. The molecule has 0 unspecified atom stereocenters. The fourth-order valence-corrected chi connectivity index (χ4v) is 3.48. The molecule has 0 radical (unpaired) electrons. The Morgan fingerprint density at radius 2 is 2.19 bits per heavy atom. The summed E-state index contributed by atoms with van der Waals surface area (Å²) in [6.45, 7) is 3.61. The third-order valence-electron chi connectivity index (χ3n) is 3.86. The fourth-order valence-electron chi connectivity index (χ4n) is 2.76. The Hall–Kier alpha value is -3.13. The van der Waals surface area contributed by atoms with Gasteiger partial charge in [-0.25, -0.2) is 4.98 Å². The van der Waals surface area contributed by atoms with Crippen LogP contribution >= 0.6 is 11.3 Å². The first-order valence-electron chi connectivity index (χ1n) is 7.99. The Balaban J connectivity index is 1.47. The largest absolute Gasteiger partial charge is 0.465 e. The van der Waals surface area contributed by atoms with Gasteiger partial charge in [-0.2, -0.15) is 0 Å². The maximum atomic E-state index is 12.0. The van der Waals surface area contributed by atoms with Gasteiger partial charge in [0.15, 0.2) is 11.7 Å². The number of anilines is 1. The second kappa shape index (κ2) is 6.64. The van der Waals surface area contributed by atoms with Gasteiger partial charge in [-0.1, -0.05) is 18.2 Å². The van der Waals surface area contributed by atoms with Gasteiger partial charge in [0.2, 0.25) is 0 Å². The molecule has 2 N–H and O–H groups in total. The molecule has 0 spiro atoms. The van der Waals surface area contributed by atoms with Gasteiger partial charge in [-0.3, -0.25) is 10.1 Å².